The zero-order valence-corrected chi connectivity index (χ0v) is 21.2. The molecule has 4 aromatic carbocycles. The molecule has 0 N–H and O–H groups in total. The summed E-state index contributed by atoms with van der Waals surface area (Å²) < 4.78 is 8.79. The average Bonchev–Trinajstić information content (AvgIpc) is 3.07. The molecule has 34 heavy (non-hydrogen) atoms. The average molecular weight is 447 g/mol. The van der Waals surface area contributed by atoms with Gasteiger partial charge in [0.25, 0.3) is 0 Å². The number of fused-ring (bicyclic) bond motifs is 3. The first-order chi connectivity index (χ1) is 16.6. The first-order valence-electron chi connectivity index (χ1n) is 12.8. The number of nitrogens with zero attached hydrogens (tertiary/aromatic N) is 1. The Morgan fingerprint density at radius 3 is 2.00 bits per heavy atom. The van der Waals surface area contributed by atoms with Crippen molar-refractivity contribution in [1.82, 2.24) is 0 Å². The van der Waals surface area contributed by atoms with Crippen LogP contribution in [-0.4, -0.2) is 5.54 Å². The molecule has 5 rings (SSSR count). The van der Waals surface area contributed by atoms with Crippen LogP contribution in [0.5, 0.6) is 0 Å². The van der Waals surface area contributed by atoms with Gasteiger partial charge in [0.2, 0.25) is 0 Å². The highest BCUT2D eigenvalue weighted by atomic mass is 15.2. The van der Waals surface area contributed by atoms with Gasteiger partial charge in [-0.05, 0) is 78.2 Å². The number of aryl methyl sites for hydroxylation is 1. The molecule has 0 aromatic heterocycles. The van der Waals surface area contributed by atoms with Gasteiger partial charge in [-0.1, -0.05) is 99.6 Å². The summed E-state index contributed by atoms with van der Waals surface area (Å²) in [4.78, 5) is 2.47. The Hall–Kier alpha value is -3.32. The van der Waals surface area contributed by atoms with Crippen molar-refractivity contribution >= 4 is 11.4 Å². The molecule has 0 saturated carbocycles. The van der Waals surface area contributed by atoms with Gasteiger partial charge >= 0.3 is 0 Å². The minimum absolute atomic E-state index is 0.153. The van der Waals surface area contributed by atoms with Crippen molar-refractivity contribution in [2.45, 2.75) is 58.9 Å². The van der Waals surface area contributed by atoms with Gasteiger partial charge in [-0.2, -0.15) is 0 Å². The Labute approximate surface area is 206 Å². The van der Waals surface area contributed by atoms with E-state index < -0.39 is 0 Å². The topological polar surface area (TPSA) is 3.24 Å². The number of benzene rings is 4. The Morgan fingerprint density at radius 2 is 1.35 bits per heavy atom. The molecule has 172 valence electrons. The van der Waals surface area contributed by atoms with Gasteiger partial charge in [-0.25, -0.2) is 0 Å². The molecule has 0 heterocycles. The molecule has 0 spiro atoms. The fourth-order valence-electron chi connectivity index (χ4n) is 5.62. The monoisotopic (exact) mass is 446 g/mol. The molecule has 1 aliphatic carbocycles. The van der Waals surface area contributed by atoms with Crippen molar-refractivity contribution in [2.75, 3.05) is 4.90 Å². The third kappa shape index (κ3) is 3.55. The summed E-state index contributed by atoms with van der Waals surface area (Å²) in [7, 11) is 0. The minimum atomic E-state index is -0.330. The normalized spacial score (nSPS) is 15.3. The van der Waals surface area contributed by atoms with Crippen molar-refractivity contribution in [1.29, 1.82) is 0 Å². The molecule has 0 radical (unpaired) electrons. The van der Waals surface area contributed by atoms with E-state index in [0.717, 1.165) is 11.3 Å². The van der Waals surface area contributed by atoms with Gasteiger partial charge in [-0.15, -0.1) is 0 Å². The number of rotatable bonds is 4. The van der Waals surface area contributed by atoms with Crippen molar-refractivity contribution in [3.8, 4) is 22.3 Å². The largest absolute Gasteiger partial charge is 0.336 e. The van der Waals surface area contributed by atoms with E-state index >= 15 is 0 Å². The van der Waals surface area contributed by atoms with E-state index in [9.17, 15) is 0 Å². The zero-order valence-electron chi connectivity index (χ0n) is 22.2. The van der Waals surface area contributed by atoms with Crippen molar-refractivity contribution < 1.29 is 1.37 Å². The molecule has 1 atom stereocenters. The molecule has 4 aromatic rings. The zero-order chi connectivity index (χ0) is 25.0. The molecule has 1 heteroatoms. The van der Waals surface area contributed by atoms with E-state index in [1.807, 2.05) is 6.92 Å². The van der Waals surface area contributed by atoms with E-state index in [1.165, 1.54) is 39.1 Å². The summed E-state index contributed by atoms with van der Waals surface area (Å²) in [5, 5.41) is 0. The molecule has 0 amide bonds. The minimum Gasteiger partial charge on any atom is -0.336 e. The summed E-state index contributed by atoms with van der Waals surface area (Å²) in [6.45, 7) is 13.5. The maximum Gasteiger partial charge on any atom is 0.0495 e. The van der Waals surface area contributed by atoms with Gasteiger partial charge in [0.1, 0.15) is 0 Å². The third-order valence-corrected chi connectivity index (χ3v) is 7.16. The lowest BCUT2D eigenvalue weighted by molar-refractivity contribution is 0.551. The van der Waals surface area contributed by atoms with Gasteiger partial charge in [-0.3, -0.25) is 0 Å². The number of anilines is 2. The van der Waals surface area contributed by atoms with Gasteiger partial charge in [0.15, 0.2) is 0 Å². The number of hydrogen-bond donors (Lipinski definition) is 0. The maximum atomic E-state index is 8.79. The Bertz CT molecular complexity index is 1360. The number of hydrogen-bond acceptors (Lipinski definition) is 1. The predicted octanol–water partition coefficient (Wildman–Crippen LogP) is 9.16. The van der Waals surface area contributed by atoms with Crippen LogP contribution >= 0.6 is 0 Å². The molecular formula is C33H35N. The first kappa shape index (κ1) is 21.2. The predicted molar refractivity (Wildman–Crippen MR) is 147 cm³/mol. The summed E-state index contributed by atoms with van der Waals surface area (Å²) in [6, 6.07) is 32.6. The molecule has 0 fully saturated rings. The molecule has 1 aliphatic rings. The van der Waals surface area contributed by atoms with Gasteiger partial charge in [0, 0.05) is 23.7 Å². The molecular weight excluding hydrogens is 410 g/mol. The Kier molecular flexibility index (Phi) is 5.10. The van der Waals surface area contributed by atoms with Crippen LogP contribution < -0.4 is 4.90 Å². The standard InChI is InChI=1S/C33H35N/c1-7-23-19-22-28-27-15-11-12-16-29(27)33(5,6)30(28)31(23)34(32(2,3)4)26-20-17-25(18-21-26)24-13-9-8-10-14-24/h8-22H,7H2,1-6H3/i7D. The summed E-state index contributed by atoms with van der Waals surface area (Å²) in [5.74, 6) is 0. The van der Waals surface area contributed by atoms with Crippen LogP contribution in [0.4, 0.5) is 11.4 Å². The van der Waals surface area contributed by atoms with E-state index in [2.05, 4.69) is 131 Å². The van der Waals surface area contributed by atoms with Crippen LogP contribution in [0, 0.1) is 0 Å². The summed E-state index contributed by atoms with van der Waals surface area (Å²) >= 11 is 0. The summed E-state index contributed by atoms with van der Waals surface area (Å²) in [5.41, 5.74) is 10.8. The lowest BCUT2D eigenvalue weighted by Gasteiger charge is -2.42. The van der Waals surface area contributed by atoms with E-state index in [-0.39, 0.29) is 17.4 Å². The molecule has 1 nitrogen and oxygen atoms in total. The van der Waals surface area contributed by atoms with E-state index in [4.69, 9.17) is 1.37 Å². The van der Waals surface area contributed by atoms with E-state index in [0.29, 0.717) is 0 Å². The van der Waals surface area contributed by atoms with Crippen LogP contribution in [0.15, 0.2) is 91.0 Å². The lowest BCUT2D eigenvalue weighted by Crippen LogP contribution is -2.39. The van der Waals surface area contributed by atoms with Crippen LogP contribution in [0.3, 0.4) is 0 Å². The van der Waals surface area contributed by atoms with Crippen LogP contribution in [-0.2, 0) is 11.8 Å². The second-order valence-electron chi connectivity index (χ2n) is 10.8. The highest BCUT2D eigenvalue weighted by Gasteiger charge is 2.41. The lowest BCUT2D eigenvalue weighted by atomic mass is 9.79. The fourth-order valence-corrected chi connectivity index (χ4v) is 5.62. The molecule has 0 aliphatic heterocycles. The second-order valence-corrected chi connectivity index (χ2v) is 10.8. The van der Waals surface area contributed by atoms with Gasteiger partial charge in [0.05, 0.1) is 0 Å². The fraction of sp³-hybridized carbons (Fsp3) is 0.273. The molecule has 1 unspecified atom stereocenters. The smallest absolute Gasteiger partial charge is 0.0495 e. The highest BCUT2D eigenvalue weighted by molar-refractivity contribution is 5.89. The third-order valence-electron chi connectivity index (χ3n) is 7.16. The SMILES string of the molecule is [2H]C(C)c1ccc2c(c1N(c1ccc(-c3ccccc3)cc1)C(C)(C)C)C(C)(C)c1ccccc1-2. The van der Waals surface area contributed by atoms with E-state index in [1.54, 1.807) is 0 Å². The Morgan fingerprint density at radius 1 is 0.735 bits per heavy atom. The van der Waals surface area contributed by atoms with Crippen LogP contribution in [0.2, 0.25) is 0 Å². The molecule has 0 saturated heterocycles. The van der Waals surface area contributed by atoms with Crippen molar-refractivity contribution in [3.05, 3.63) is 108 Å². The quantitative estimate of drug-likeness (QED) is 0.302. The summed E-state index contributed by atoms with van der Waals surface area (Å²) in [6.07, 6.45) is -0.330. The van der Waals surface area contributed by atoms with Crippen molar-refractivity contribution in [3.63, 3.8) is 0 Å². The van der Waals surface area contributed by atoms with Crippen LogP contribution in [0.25, 0.3) is 22.3 Å². The van der Waals surface area contributed by atoms with Gasteiger partial charge < -0.3 is 4.90 Å². The highest BCUT2D eigenvalue weighted by Crippen LogP contribution is 2.55. The van der Waals surface area contributed by atoms with Crippen molar-refractivity contribution in [2.24, 2.45) is 0 Å². The first-order valence-corrected chi connectivity index (χ1v) is 12.3. The Balaban J connectivity index is 1.75. The second kappa shape index (κ2) is 8.17. The maximum absolute atomic E-state index is 8.79. The molecule has 0 bridgehead atoms. The van der Waals surface area contributed by atoms with Crippen LogP contribution in [0.1, 0.15) is 59.6 Å².